The Bertz CT molecular complexity index is 1190. The molecule has 3 rings (SSSR count). The van der Waals surface area contributed by atoms with Crippen LogP contribution in [0, 0.1) is 13.8 Å². The molecule has 0 fully saturated rings. The van der Waals surface area contributed by atoms with Crippen LogP contribution in [0.15, 0.2) is 41.8 Å². The number of aromatic nitrogens is 2. The summed E-state index contributed by atoms with van der Waals surface area (Å²) in [6.07, 6.45) is 1.57. The summed E-state index contributed by atoms with van der Waals surface area (Å²) in [4.78, 5) is 46.7. The second kappa shape index (κ2) is 12.6. The number of carbonyl (C=O) groups excluding carboxylic acids is 3. The van der Waals surface area contributed by atoms with Gasteiger partial charge in [0, 0.05) is 13.1 Å². The van der Waals surface area contributed by atoms with Gasteiger partial charge in [0.15, 0.2) is 0 Å². The zero-order chi connectivity index (χ0) is 26.1. The average molecular weight is 512 g/mol. The Morgan fingerprint density at radius 3 is 2.47 bits per heavy atom. The SMILES string of the molecule is COC(=O)C(CNC(=O)c1cccs1)NC(=O)c1c(C)nc(NCCCc2cccc(O)c2)nc1C. The predicted octanol–water partition coefficient (Wildman–Crippen LogP) is 2.61. The fourth-order valence-electron chi connectivity index (χ4n) is 3.58. The zero-order valence-corrected chi connectivity index (χ0v) is 21.1. The van der Waals surface area contributed by atoms with Crippen LogP contribution < -0.4 is 16.0 Å². The van der Waals surface area contributed by atoms with Crippen LogP contribution in [-0.4, -0.2) is 59.1 Å². The highest BCUT2D eigenvalue weighted by atomic mass is 32.1. The number of esters is 1. The van der Waals surface area contributed by atoms with Crippen LogP contribution in [0.1, 0.15) is 43.4 Å². The number of rotatable bonds is 11. The van der Waals surface area contributed by atoms with Gasteiger partial charge in [-0.2, -0.15) is 0 Å². The fourth-order valence-corrected chi connectivity index (χ4v) is 4.22. The van der Waals surface area contributed by atoms with Gasteiger partial charge < -0.3 is 25.8 Å². The van der Waals surface area contributed by atoms with Crippen molar-refractivity contribution < 1.29 is 24.2 Å². The van der Waals surface area contributed by atoms with Gasteiger partial charge in [0.1, 0.15) is 11.8 Å². The molecule has 0 radical (unpaired) electrons. The van der Waals surface area contributed by atoms with E-state index in [1.165, 1.54) is 18.4 Å². The summed E-state index contributed by atoms with van der Waals surface area (Å²) in [7, 11) is 1.21. The largest absolute Gasteiger partial charge is 0.508 e. The molecule has 2 amide bonds. The topological polar surface area (TPSA) is 143 Å². The number of hydrogen-bond acceptors (Lipinski definition) is 9. The molecular formula is C25H29N5O5S. The summed E-state index contributed by atoms with van der Waals surface area (Å²) in [5.74, 6) is -0.936. The number of thiophene rings is 1. The molecule has 2 heterocycles. The maximum atomic E-state index is 13.0. The molecule has 0 saturated heterocycles. The lowest BCUT2D eigenvalue weighted by atomic mass is 10.1. The monoisotopic (exact) mass is 511 g/mol. The molecule has 0 spiro atoms. The van der Waals surface area contributed by atoms with Crippen molar-refractivity contribution in [3.63, 3.8) is 0 Å². The van der Waals surface area contributed by atoms with Crippen LogP contribution >= 0.6 is 11.3 Å². The van der Waals surface area contributed by atoms with Gasteiger partial charge in [0.25, 0.3) is 11.8 Å². The van der Waals surface area contributed by atoms with Gasteiger partial charge in [-0.15, -0.1) is 11.3 Å². The van der Waals surface area contributed by atoms with Crippen LogP contribution in [0.5, 0.6) is 5.75 Å². The van der Waals surface area contributed by atoms with Crippen molar-refractivity contribution in [1.29, 1.82) is 0 Å². The molecule has 0 saturated carbocycles. The molecule has 0 bridgehead atoms. The number of methoxy groups -OCH3 is 1. The molecule has 1 unspecified atom stereocenters. The van der Waals surface area contributed by atoms with E-state index in [0.29, 0.717) is 28.8 Å². The average Bonchev–Trinajstić information content (AvgIpc) is 3.38. The number of nitrogens with zero attached hydrogens (tertiary/aromatic N) is 2. The van der Waals surface area contributed by atoms with E-state index in [1.807, 2.05) is 6.07 Å². The first-order chi connectivity index (χ1) is 17.3. The Morgan fingerprint density at radius 1 is 1.08 bits per heavy atom. The third-order valence-corrected chi connectivity index (χ3v) is 6.21. The van der Waals surface area contributed by atoms with E-state index in [2.05, 4.69) is 25.9 Å². The van der Waals surface area contributed by atoms with Gasteiger partial charge >= 0.3 is 5.97 Å². The molecule has 190 valence electrons. The van der Waals surface area contributed by atoms with Gasteiger partial charge in [-0.1, -0.05) is 18.2 Å². The lowest BCUT2D eigenvalue weighted by Crippen LogP contribution is -2.49. The molecule has 0 aliphatic carbocycles. The van der Waals surface area contributed by atoms with Crippen molar-refractivity contribution in [2.45, 2.75) is 32.7 Å². The van der Waals surface area contributed by atoms with Crippen LogP contribution in [0.3, 0.4) is 0 Å². The first kappa shape index (κ1) is 26.6. The van der Waals surface area contributed by atoms with Crippen molar-refractivity contribution >= 4 is 35.1 Å². The molecule has 3 aromatic rings. The van der Waals surface area contributed by atoms with Crippen LogP contribution in [0.4, 0.5) is 5.95 Å². The van der Waals surface area contributed by atoms with Crippen molar-refractivity contribution in [1.82, 2.24) is 20.6 Å². The quantitative estimate of drug-likeness (QED) is 0.227. The maximum absolute atomic E-state index is 13.0. The maximum Gasteiger partial charge on any atom is 0.330 e. The summed E-state index contributed by atoms with van der Waals surface area (Å²) in [5, 5.41) is 19.7. The number of aromatic hydroxyl groups is 1. The number of nitrogens with one attached hydrogen (secondary N) is 3. The lowest BCUT2D eigenvalue weighted by Gasteiger charge is -2.18. The molecule has 0 aliphatic rings. The number of benzene rings is 1. The molecule has 11 heteroatoms. The first-order valence-electron chi connectivity index (χ1n) is 11.4. The van der Waals surface area contributed by atoms with Gasteiger partial charge in [0.2, 0.25) is 5.95 Å². The number of phenols is 1. The molecule has 4 N–H and O–H groups in total. The second-order valence-corrected chi connectivity index (χ2v) is 8.98. The summed E-state index contributed by atoms with van der Waals surface area (Å²) in [6, 6.07) is 9.45. The summed E-state index contributed by atoms with van der Waals surface area (Å²) >= 11 is 1.27. The summed E-state index contributed by atoms with van der Waals surface area (Å²) in [6.45, 7) is 3.85. The minimum atomic E-state index is -1.08. The van der Waals surface area contributed by atoms with Gasteiger partial charge in [-0.3, -0.25) is 9.59 Å². The highest BCUT2D eigenvalue weighted by Gasteiger charge is 2.25. The molecular weight excluding hydrogens is 482 g/mol. The zero-order valence-electron chi connectivity index (χ0n) is 20.3. The predicted molar refractivity (Wildman–Crippen MR) is 136 cm³/mol. The van der Waals surface area contributed by atoms with Crippen molar-refractivity contribution in [3.8, 4) is 5.75 Å². The van der Waals surface area contributed by atoms with E-state index >= 15 is 0 Å². The first-order valence-corrected chi connectivity index (χ1v) is 12.2. The molecule has 2 aromatic heterocycles. The third kappa shape index (κ3) is 7.25. The van der Waals surface area contributed by atoms with E-state index in [0.717, 1.165) is 18.4 Å². The number of hydrogen-bond donors (Lipinski definition) is 4. The Labute approximate surface area is 213 Å². The number of ether oxygens (including phenoxy) is 1. The summed E-state index contributed by atoms with van der Waals surface area (Å²) in [5.41, 5.74) is 2.17. The molecule has 1 aromatic carbocycles. The fraction of sp³-hybridized carbons (Fsp3) is 0.320. The van der Waals surface area contributed by atoms with E-state index in [-0.39, 0.29) is 23.8 Å². The Balaban J connectivity index is 1.59. The Kier molecular flexibility index (Phi) is 9.34. The number of aryl methyl sites for hydroxylation is 3. The number of amides is 2. The molecule has 0 aliphatic heterocycles. The van der Waals surface area contributed by atoms with Crippen molar-refractivity contribution in [2.24, 2.45) is 0 Å². The van der Waals surface area contributed by atoms with Crippen molar-refractivity contribution in [3.05, 3.63) is 69.2 Å². The minimum absolute atomic E-state index is 0.132. The number of anilines is 1. The third-order valence-electron chi connectivity index (χ3n) is 5.34. The minimum Gasteiger partial charge on any atom is -0.508 e. The van der Waals surface area contributed by atoms with E-state index < -0.39 is 17.9 Å². The molecule has 36 heavy (non-hydrogen) atoms. The van der Waals surface area contributed by atoms with Gasteiger partial charge in [0.05, 0.1) is 28.9 Å². The lowest BCUT2D eigenvalue weighted by molar-refractivity contribution is -0.142. The van der Waals surface area contributed by atoms with Gasteiger partial charge in [-0.05, 0) is 55.8 Å². The summed E-state index contributed by atoms with van der Waals surface area (Å²) < 4.78 is 4.79. The smallest absolute Gasteiger partial charge is 0.330 e. The van der Waals surface area contributed by atoms with Crippen LogP contribution in [0.2, 0.25) is 0 Å². The Morgan fingerprint density at radius 2 is 1.83 bits per heavy atom. The van der Waals surface area contributed by atoms with E-state index in [4.69, 9.17) is 4.74 Å². The van der Waals surface area contributed by atoms with Gasteiger partial charge in [-0.25, -0.2) is 14.8 Å². The normalized spacial score (nSPS) is 11.4. The molecule has 10 nitrogen and oxygen atoms in total. The van der Waals surface area contributed by atoms with E-state index in [9.17, 15) is 19.5 Å². The van der Waals surface area contributed by atoms with Crippen molar-refractivity contribution in [2.75, 3.05) is 25.5 Å². The van der Waals surface area contributed by atoms with Crippen LogP contribution in [0.25, 0.3) is 0 Å². The highest BCUT2D eigenvalue weighted by molar-refractivity contribution is 7.12. The highest BCUT2D eigenvalue weighted by Crippen LogP contribution is 2.15. The molecule has 1 atom stereocenters. The standard InChI is InChI=1S/C25H29N5O5S/c1-15-21(16(2)29-25(28-15)26-11-5-8-17-7-4-9-18(31)13-17)23(33)30-19(24(34)35-3)14-27-22(32)20-10-6-12-36-20/h4,6-7,9-10,12-13,19,31H,5,8,11,14H2,1-3H3,(H,27,32)(H,30,33)(H,26,28,29). The van der Waals surface area contributed by atoms with Crippen LogP contribution in [-0.2, 0) is 16.0 Å². The second-order valence-electron chi connectivity index (χ2n) is 8.03. The van der Waals surface area contributed by atoms with E-state index in [1.54, 1.807) is 49.6 Å². The number of carbonyl (C=O) groups is 3. The number of phenolic OH excluding ortho intramolecular Hbond substituents is 1. The Hall–Kier alpha value is -3.99.